The van der Waals surface area contributed by atoms with Crippen LogP contribution >= 0.6 is 0 Å². The molecule has 1 aromatic carbocycles. The van der Waals surface area contributed by atoms with Crippen LogP contribution in [-0.2, 0) is 6.42 Å². The highest BCUT2D eigenvalue weighted by Gasteiger charge is 2.08. The first-order chi connectivity index (χ1) is 12.6. The molecule has 0 atom stereocenters. The number of aliphatic imine (C=N–C) groups is 1. The van der Waals surface area contributed by atoms with Gasteiger partial charge in [0.25, 0.3) is 0 Å². The summed E-state index contributed by atoms with van der Waals surface area (Å²) in [7, 11) is 3.43. The predicted molar refractivity (Wildman–Crippen MR) is 103 cm³/mol. The van der Waals surface area contributed by atoms with E-state index < -0.39 is 0 Å². The molecule has 0 saturated carbocycles. The summed E-state index contributed by atoms with van der Waals surface area (Å²) in [4.78, 5) is 8.65. The van der Waals surface area contributed by atoms with Crippen molar-refractivity contribution in [2.45, 2.75) is 45.6 Å². The van der Waals surface area contributed by atoms with Gasteiger partial charge >= 0.3 is 0 Å². The maximum absolute atomic E-state index is 5.34. The normalized spacial score (nSPS) is 11.7. The molecular weight excluding hydrogens is 330 g/mol. The van der Waals surface area contributed by atoms with Crippen molar-refractivity contribution in [3.63, 3.8) is 0 Å². The molecule has 142 valence electrons. The summed E-state index contributed by atoms with van der Waals surface area (Å²) in [5.41, 5.74) is 0.925. The van der Waals surface area contributed by atoms with Crippen LogP contribution in [0.15, 0.2) is 33.8 Å². The van der Waals surface area contributed by atoms with Crippen molar-refractivity contribution in [2.75, 3.05) is 20.7 Å². The van der Waals surface area contributed by atoms with Gasteiger partial charge in [0.15, 0.2) is 5.96 Å². The van der Waals surface area contributed by atoms with Gasteiger partial charge in [-0.1, -0.05) is 11.6 Å². The topological polar surface area (TPSA) is 84.6 Å². The number of nitrogens with zero attached hydrogens (tertiary/aromatic N) is 3. The Hall–Kier alpha value is -2.57. The third-order valence-corrected chi connectivity index (χ3v) is 3.83. The number of aromatic nitrogens is 2. The van der Waals surface area contributed by atoms with Gasteiger partial charge in [-0.15, -0.1) is 0 Å². The van der Waals surface area contributed by atoms with Gasteiger partial charge in [-0.05, 0) is 51.0 Å². The van der Waals surface area contributed by atoms with Crippen molar-refractivity contribution < 1.29 is 9.26 Å². The van der Waals surface area contributed by atoms with E-state index in [1.165, 1.54) is 0 Å². The van der Waals surface area contributed by atoms with E-state index in [1.807, 2.05) is 24.3 Å². The van der Waals surface area contributed by atoms with Crippen LogP contribution in [0, 0.1) is 0 Å². The minimum atomic E-state index is 0.374. The third-order valence-electron chi connectivity index (χ3n) is 3.83. The number of aryl methyl sites for hydroxylation is 1. The second-order valence-electron chi connectivity index (χ2n) is 6.35. The lowest BCUT2D eigenvalue weighted by Gasteiger charge is -2.14. The fraction of sp³-hybridized carbons (Fsp3) is 0.526. The zero-order chi connectivity index (χ0) is 18.8. The molecule has 7 nitrogen and oxygen atoms in total. The highest BCUT2D eigenvalue weighted by atomic mass is 16.5. The number of methoxy groups -OCH3 is 1. The smallest absolute Gasteiger partial charge is 0.226 e. The molecule has 0 amide bonds. The zero-order valence-corrected chi connectivity index (χ0v) is 16.1. The van der Waals surface area contributed by atoms with Gasteiger partial charge in [-0.25, -0.2) is 0 Å². The van der Waals surface area contributed by atoms with Crippen molar-refractivity contribution in [1.29, 1.82) is 0 Å². The monoisotopic (exact) mass is 359 g/mol. The Kier molecular flexibility index (Phi) is 7.92. The Balaban J connectivity index is 1.68. The Labute approximate surface area is 155 Å². The van der Waals surface area contributed by atoms with Crippen LogP contribution < -0.4 is 15.4 Å². The van der Waals surface area contributed by atoms with E-state index in [9.17, 15) is 0 Å². The van der Waals surface area contributed by atoms with Crippen LogP contribution in [0.25, 0.3) is 11.4 Å². The molecule has 0 aliphatic heterocycles. The molecule has 2 rings (SSSR count). The minimum absolute atomic E-state index is 0.374. The average molecular weight is 359 g/mol. The molecule has 0 radical (unpaired) electrons. The molecule has 0 spiro atoms. The molecule has 0 aliphatic rings. The zero-order valence-electron chi connectivity index (χ0n) is 16.1. The van der Waals surface area contributed by atoms with Crippen molar-refractivity contribution in [3.8, 4) is 17.1 Å². The standard InChI is InChI=1S/C19H29N5O2/c1-14(2)22-19(20-3)21-13-7-5-6-8-17-23-18(24-26-17)15-9-11-16(25-4)12-10-15/h9-12,14H,5-8,13H2,1-4H3,(H2,20,21,22). The van der Waals surface area contributed by atoms with E-state index in [4.69, 9.17) is 9.26 Å². The van der Waals surface area contributed by atoms with E-state index in [-0.39, 0.29) is 0 Å². The summed E-state index contributed by atoms with van der Waals surface area (Å²) in [5.74, 6) is 2.96. The van der Waals surface area contributed by atoms with Crippen LogP contribution in [-0.4, -0.2) is 42.8 Å². The Morgan fingerprint density at radius 3 is 2.62 bits per heavy atom. The van der Waals surface area contributed by atoms with Crippen LogP contribution in [0.5, 0.6) is 5.75 Å². The number of nitrogens with one attached hydrogen (secondary N) is 2. The fourth-order valence-electron chi connectivity index (χ4n) is 2.47. The second kappa shape index (κ2) is 10.4. The lowest BCUT2D eigenvalue weighted by atomic mass is 10.2. The van der Waals surface area contributed by atoms with Crippen molar-refractivity contribution in [3.05, 3.63) is 30.2 Å². The van der Waals surface area contributed by atoms with Gasteiger partial charge in [0.05, 0.1) is 7.11 Å². The number of benzene rings is 1. The largest absolute Gasteiger partial charge is 0.497 e. The number of guanidine groups is 1. The summed E-state index contributed by atoms with van der Waals surface area (Å²) in [6.07, 6.45) is 3.97. The highest BCUT2D eigenvalue weighted by Crippen LogP contribution is 2.20. The van der Waals surface area contributed by atoms with E-state index in [1.54, 1.807) is 14.2 Å². The number of unbranched alkanes of at least 4 members (excludes halogenated alkanes) is 2. The first-order valence-corrected chi connectivity index (χ1v) is 9.06. The first-order valence-electron chi connectivity index (χ1n) is 9.06. The van der Waals surface area contributed by atoms with Crippen LogP contribution in [0.4, 0.5) is 0 Å². The van der Waals surface area contributed by atoms with Crippen LogP contribution in [0.1, 0.15) is 39.0 Å². The molecule has 2 aromatic rings. The van der Waals surface area contributed by atoms with Gasteiger partial charge in [0.1, 0.15) is 5.75 Å². The number of hydrogen-bond donors (Lipinski definition) is 2. The summed E-state index contributed by atoms with van der Waals surface area (Å²) < 4.78 is 10.5. The quantitative estimate of drug-likeness (QED) is 0.407. The lowest BCUT2D eigenvalue weighted by molar-refractivity contribution is 0.374. The van der Waals surface area contributed by atoms with Crippen molar-refractivity contribution in [2.24, 2.45) is 4.99 Å². The molecule has 0 fully saturated rings. The highest BCUT2D eigenvalue weighted by molar-refractivity contribution is 5.79. The summed E-state index contributed by atoms with van der Waals surface area (Å²) in [5, 5.41) is 10.6. The Morgan fingerprint density at radius 2 is 1.96 bits per heavy atom. The predicted octanol–water partition coefficient (Wildman–Crippen LogP) is 3.03. The van der Waals surface area contributed by atoms with Crippen LogP contribution in [0.3, 0.4) is 0 Å². The SMILES string of the molecule is CN=C(NCCCCCc1nc(-c2ccc(OC)cc2)no1)NC(C)C. The molecule has 0 unspecified atom stereocenters. The number of rotatable bonds is 9. The summed E-state index contributed by atoms with van der Waals surface area (Å²) in [6.45, 7) is 5.09. The number of ether oxygens (including phenoxy) is 1. The molecule has 1 heterocycles. The maximum atomic E-state index is 5.34. The molecular formula is C19H29N5O2. The van der Waals surface area contributed by atoms with Crippen molar-refractivity contribution >= 4 is 5.96 Å². The molecule has 1 aromatic heterocycles. The first kappa shape index (κ1) is 19.8. The van der Waals surface area contributed by atoms with Gasteiger partial charge < -0.3 is 19.9 Å². The molecule has 26 heavy (non-hydrogen) atoms. The molecule has 0 saturated heterocycles. The molecule has 0 aliphatic carbocycles. The summed E-state index contributed by atoms with van der Waals surface area (Å²) in [6, 6.07) is 8.01. The van der Waals surface area contributed by atoms with Crippen molar-refractivity contribution in [1.82, 2.24) is 20.8 Å². The van der Waals surface area contributed by atoms with E-state index in [0.717, 1.165) is 49.5 Å². The maximum Gasteiger partial charge on any atom is 0.226 e. The minimum Gasteiger partial charge on any atom is -0.497 e. The van der Waals surface area contributed by atoms with Gasteiger partial charge in [0.2, 0.25) is 11.7 Å². The van der Waals surface area contributed by atoms with Gasteiger partial charge in [0, 0.05) is 31.6 Å². The Bertz CT molecular complexity index is 679. The molecule has 0 bridgehead atoms. The summed E-state index contributed by atoms with van der Waals surface area (Å²) >= 11 is 0. The van der Waals surface area contributed by atoms with Gasteiger partial charge in [-0.2, -0.15) is 4.98 Å². The molecule has 2 N–H and O–H groups in total. The second-order valence-corrected chi connectivity index (χ2v) is 6.35. The van der Waals surface area contributed by atoms with E-state index >= 15 is 0 Å². The fourth-order valence-corrected chi connectivity index (χ4v) is 2.47. The number of hydrogen-bond acceptors (Lipinski definition) is 5. The van der Waals surface area contributed by atoms with Gasteiger partial charge in [-0.3, -0.25) is 4.99 Å². The Morgan fingerprint density at radius 1 is 1.19 bits per heavy atom. The lowest BCUT2D eigenvalue weighted by Crippen LogP contribution is -2.41. The van der Waals surface area contributed by atoms with E-state index in [2.05, 4.69) is 39.6 Å². The average Bonchev–Trinajstić information content (AvgIpc) is 3.12. The third kappa shape index (κ3) is 6.38. The van der Waals surface area contributed by atoms with Crippen LogP contribution in [0.2, 0.25) is 0 Å². The molecule has 7 heteroatoms. The van der Waals surface area contributed by atoms with E-state index in [0.29, 0.717) is 17.8 Å².